The molecule has 0 bridgehead atoms. The lowest BCUT2D eigenvalue weighted by atomic mass is 10.1. The normalized spacial score (nSPS) is 14.4. The van der Waals surface area contributed by atoms with Gasteiger partial charge in [-0.2, -0.15) is 10.2 Å². The van der Waals surface area contributed by atoms with Crippen LogP contribution < -0.4 is 10.9 Å². The van der Waals surface area contributed by atoms with Crippen molar-refractivity contribution in [2.24, 2.45) is 0 Å². The van der Waals surface area contributed by atoms with Crippen molar-refractivity contribution in [3.8, 4) is 11.3 Å². The van der Waals surface area contributed by atoms with E-state index >= 15 is 0 Å². The molecule has 200 valence electrons. The third-order valence-corrected chi connectivity index (χ3v) is 6.90. The van der Waals surface area contributed by atoms with Gasteiger partial charge in [-0.3, -0.25) is 19.2 Å². The monoisotopic (exact) mass is 518 g/mol. The van der Waals surface area contributed by atoms with Crippen LogP contribution in [-0.4, -0.2) is 73.2 Å². The molecule has 11 nitrogen and oxygen atoms in total. The molecule has 1 fully saturated rings. The van der Waals surface area contributed by atoms with Crippen molar-refractivity contribution >= 4 is 16.9 Å². The number of carbonyl (C=O) groups is 1. The van der Waals surface area contributed by atoms with Gasteiger partial charge in [-0.25, -0.2) is 9.67 Å². The van der Waals surface area contributed by atoms with Crippen molar-refractivity contribution in [2.45, 2.75) is 46.8 Å². The number of ether oxygens (including phenoxy) is 1. The lowest BCUT2D eigenvalue weighted by molar-refractivity contribution is 0.0360. The molecule has 11 heteroatoms. The Morgan fingerprint density at radius 1 is 1.13 bits per heavy atom. The minimum Gasteiger partial charge on any atom is -0.379 e. The van der Waals surface area contributed by atoms with Gasteiger partial charge in [-0.05, 0) is 45.4 Å². The summed E-state index contributed by atoms with van der Waals surface area (Å²) >= 11 is 0. The molecule has 4 aromatic rings. The molecule has 1 aliphatic heterocycles. The van der Waals surface area contributed by atoms with Crippen LogP contribution in [0.2, 0.25) is 0 Å². The van der Waals surface area contributed by atoms with E-state index in [1.54, 1.807) is 18.5 Å². The standard InChI is InChI=1S/C27H34N8O3/c1-17(2)35-25-23(15-30-35)21(26(36)28-14-22-18(3)11-19(4)31-27(22)37)12-24(32-25)20-13-29-34(16-20)6-5-33-7-9-38-10-8-33/h11-13,15-17H,5-10,14H2,1-4H3,(H,28,36)(H,31,37). The van der Waals surface area contributed by atoms with E-state index in [1.807, 2.05) is 49.3 Å². The summed E-state index contributed by atoms with van der Waals surface area (Å²) < 4.78 is 9.15. The number of aryl methyl sites for hydroxylation is 2. The Morgan fingerprint density at radius 2 is 1.92 bits per heavy atom. The first kappa shape index (κ1) is 25.8. The van der Waals surface area contributed by atoms with E-state index in [4.69, 9.17) is 9.72 Å². The van der Waals surface area contributed by atoms with Crippen molar-refractivity contribution in [3.63, 3.8) is 0 Å². The number of hydrogen-bond acceptors (Lipinski definition) is 7. The molecule has 1 saturated heterocycles. The second-order valence-electron chi connectivity index (χ2n) is 10.0. The maximum atomic E-state index is 13.4. The second-order valence-corrected chi connectivity index (χ2v) is 10.0. The molecule has 0 aromatic carbocycles. The SMILES string of the molecule is Cc1cc(C)c(CNC(=O)c2cc(-c3cnn(CCN4CCOCC4)c3)nc3c2cnn3C(C)C)c(=O)[nH]1. The van der Waals surface area contributed by atoms with Crippen molar-refractivity contribution in [1.29, 1.82) is 0 Å². The fourth-order valence-corrected chi connectivity index (χ4v) is 4.78. The number of carbonyl (C=O) groups excluding carboxylic acids is 1. The summed E-state index contributed by atoms with van der Waals surface area (Å²) in [6.07, 6.45) is 5.42. The van der Waals surface area contributed by atoms with E-state index in [2.05, 4.69) is 25.4 Å². The highest BCUT2D eigenvalue weighted by Gasteiger charge is 2.20. The number of fused-ring (bicyclic) bond motifs is 1. The molecule has 38 heavy (non-hydrogen) atoms. The first-order valence-electron chi connectivity index (χ1n) is 13.0. The number of pyridine rings is 2. The van der Waals surface area contributed by atoms with E-state index in [1.165, 1.54) is 0 Å². The highest BCUT2D eigenvalue weighted by Crippen LogP contribution is 2.26. The molecule has 0 radical (unpaired) electrons. The van der Waals surface area contributed by atoms with E-state index in [0.717, 1.165) is 56.2 Å². The molecule has 1 aliphatic rings. The summed E-state index contributed by atoms with van der Waals surface area (Å²) in [4.78, 5) is 35.9. The molecule has 2 N–H and O–H groups in total. The van der Waals surface area contributed by atoms with Gasteiger partial charge in [0.05, 0.1) is 48.8 Å². The van der Waals surface area contributed by atoms with E-state index in [9.17, 15) is 9.59 Å². The first-order valence-corrected chi connectivity index (χ1v) is 13.0. The summed E-state index contributed by atoms with van der Waals surface area (Å²) in [5, 5.41) is 12.6. The smallest absolute Gasteiger partial charge is 0.253 e. The van der Waals surface area contributed by atoms with Crippen LogP contribution in [0.4, 0.5) is 0 Å². The Labute approximate surface area is 220 Å². The molecule has 1 amide bonds. The Bertz CT molecular complexity index is 1510. The van der Waals surface area contributed by atoms with Gasteiger partial charge >= 0.3 is 0 Å². The Hall–Kier alpha value is -3.83. The summed E-state index contributed by atoms with van der Waals surface area (Å²) in [6.45, 7) is 12.9. The number of H-pyrrole nitrogens is 1. The quantitative estimate of drug-likeness (QED) is 0.367. The number of aromatic nitrogens is 6. The molecule has 0 atom stereocenters. The van der Waals surface area contributed by atoms with Crippen LogP contribution in [0.25, 0.3) is 22.3 Å². The third kappa shape index (κ3) is 5.39. The molecule has 0 aliphatic carbocycles. The van der Waals surface area contributed by atoms with Crippen LogP contribution in [0.3, 0.4) is 0 Å². The van der Waals surface area contributed by atoms with Crippen molar-refractivity contribution in [2.75, 3.05) is 32.8 Å². The third-order valence-electron chi connectivity index (χ3n) is 6.90. The summed E-state index contributed by atoms with van der Waals surface area (Å²) in [5.41, 5.74) is 4.53. The number of morpholine rings is 1. The molecular formula is C27H34N8O3. The van der Waals surface area contributed by atoms with Crippen molar-refractivity contribution in [1.82, 2.24) is 39.7 Å². The maximum Gasteiger partial charge on any atom is 0.253 e. The van der Waals surface area contributed by atoms with Gasteiger partial charge < -0.3 is 15.0 Å². The summed E-state index contributed by atoms with van der Waals surface area (Å²) in [6, 6.07) is 3.74. The number of hydrogen-bond donors (Lipinski definition) is 2. The van der Waals surface area contributed by atoms with Crippen molar-refractivity contribution in [3.05, 3.63) is 63.5 Å². The lowest BCUT2D eigenvalue weighted by Gasteiger charge is -2.26. The van der Waals surface area contributed by atoms with Crippen LogP contribution in [-0.2, 0) is 17.8 Å². The molecule has 4 aromatic heterocycles. The number of nitrogens with zero attached hydrogens (tertiary/aromatic N) is 6. The minimum absolute atomic E-state index is 0.0659. The van der Waals surface area contributed by atoms with Gasteiger partial charge in [-0.15, -0.1) is 0 Å². The van der Waals surface area contributed by atoms with E-state index in [0.29, 0.717) is 27.9 Å². The van der Waals surface area contributed by atoms with Gasteiger partial charge in [-0.1, -0.05) is 0 Å². The average molecular weight is 519 g/mol. The summed E-state index contributed by atoms with van der Waals surface area (Å²) in [7, 11) is 0. The molecule has 5 rings (SSSR count). The topological polar surface area (TPSA) is 123 Å². The van der Waals surface area contributed by atoms with Crippen molar-refractivity contribution < 1.29 is 9.53 Å². The molecule has 5 heterocycles. The first-order chi connectivity index (χ1) is 18.3. The average Bonchev–Trinajstić information content (AvgIpc) is 3.54. The fraction of sp³-hybridized carbons (Fsp3) is 0.444. The van der Waals surface area contributed by atoms with Gasteiger partial charge in [0.1, 0.15) is 0 Å². The highest BCUT2D eigenvalue weighted by atomic mass is 16.5. The number of nitrogens with one attached hydrogen (secondary N) is 2. The molecule has 0 spiro atoms. The van der Waals surface area contributed by atoms with Gasteiger partial charge in [0, 0.05) is 55.2 Å². The predicted molar refractivity (Wildman–Crippen MR) is 144 cm³/mol. The van der Waals surface area contributed by atoms with Crippen LogP contribution >= 0.6 is 0 Å². The second kappa shape index (κ2) is 10.9. The molecule has 0 saturated carbocycles. The van der Waals surface area contributed by atoms with Gasteiger partial charge in [0.15, 0.2) is 5.65 Å². The minimum atomic E-state index is -0.291. The molecule has 0 unspecified atom stereocenters. The number of amides is 1. The van der Waals surface area contributed by atoms with E-state index < -0.39 is 0 Å². The zero-order chi connectivity index (χ0) is 26.8. The Morgan fingerprint density at radius 3 is 2.66 bits per heavy atom. The fourth-order valence-electron chi connectivity index (χ4n) is 4.78. The van der Waals surface area contributed by atoms with Crippen LogP contribution in [0.1, 0.15) is 47.1 Å². The number of rotatable bonds is 8. The predicted octanol–water partition coefficient (Wildman–Crippen LogP) is 2.44. The largest absolute Gasteiger partial charge is 0.379 e. The number of aromatic amines is 1. The highest BCUT2D eigenvalue weighted by molar-refractivity contribution is 6.06. The zero-order valence-electron chi connectivity index (χ0n) is 22.3. The molecular weight excluding hydrogens is 484 g/mol. The Balaban J connectivity index is 1.43. The van der Waals surface area contributed by atoms with Crippen LogP contribution in [0.15, 0.2) is 35.5 Å². The zero-order valence-corrected chi connectivity index (χ0v) is 22.3. The maximum absolute atomic E-state index is 13.4. The van der Waals surface area contributed by atoms with Gasteiger partial charge in [0.25, 0.3) is 11.5 Å². The summed E-state index contributed by atoms with van der Waals surface area (Å²) in [5.74, 6) is -0.291. The van der Waals surface area contributed by atoms with Crippen LogP contribution in [0.5, 0.6) is 0 Å². The lowest BCUT2D eigenvalue weighted by Crippen LogP contribution is -2.38. The Kier molecular flexibility index (Phi) is 7.39. The van der Waals surface area contributed by atoms with Crippen LogP contribution in [0, 0.1) is 13.8 Å². The van der Waals surface area contributed by atoms with Gasteiger partial charge in [0.2, 0.25) is 0 Å². The van der Waals surface area contributed by atoms with E-state index in [-0.39, 0.29) is 24.1 Å².